The Morgan fingerprint density at radius 1 is 1.19 bits per heavy atom. The number of rotatable bonds is 2. The first-order valence-electron chi connectivity index (χ1n) is 6.81. The second kappa shape index (κ2) is 5.99. The Hall–Kier alpha value is -0.120. The van der Waals surface area contributed by atoms with Gasteiger partial charge in [0.05, 0.1) is 0 Å². The molecular weight excluding hydrogens is 200 g/mol. The lowest BCUT2D eigenvalue weighted by Crippen LogP contribution is -2.42. The number of nitrogens with one attached hydrogen (secondary N) is 1. The molecule has 0 amide bonds. The van der Waals surface area contributed by atoms with Crippen molar-refractivity contribution < 1.29 is 4.74 Å². The number of hydrogen-bond donors (Lipinski definition) is 1. The van der Waals surface area contributed by atoms with Gasteiger partial charge in [-0.25, -0.2) is 0 Å². The monoisotopic (exact) mass is 226 g/mol. The van der Waals surface area contributed by atoms with E-state index in [1.54, 1.807) is 0 Å². The smallest absolute Gasteiger partial charge is 0.0469 e. The summed E-state index contributed by atoms with van der Waals surface area (Å²) in [7, 11) is 0. The van der Waals surface area contributed by atoms with Gasteiger partial charge in [0.2, 0.25) is 0 Å². The fraction of sp³-hybridized carbons (Fsp3) is 1.00. The third-order valence-corrected chi connectivity index (χ3v) is 4.02. The van der Waals surface area contributed by atoms with Crippen LogP contribution < -0.4 is 5.32 Å². The molecular formula is C13H26N2O. The zero-order valence-corrected chi connectivity index (χ0v) is 10.7. The molecule has 2 aliphatic heterocycles. The van der Waals surface area contributed by atoms with Gasteiger partial charge in [0.15, 0.2) is 0 Å². The van der Waals surface area contributed by atoms with Gasteiger partial charge in [0, 0.05) is 38.4 Å². The molecule has 2 saturated heterocycles. The van der Waals surface area contributed by atoms with Crippen molar-refractivity contribution in [3.8, 4) is 0 Å². The topological polar surface area (TPSA) is 24.5 Å². The van der Waals surface area contributed by atoms with Crippen LogP contribution in [0.1, 0.15) is 33.1 Å². The Kier molecular flexibility index (Phi) is 4.62. The SMILES string of the molecule is CC1CN(CC2CCOCC2)C(C)CCN1. The lowest BCUT2D eigenvalue weighted by molar-refractivity contribution is 0.0465. The van der Waals surface area contributed by atoms with Crippen LogP contribution in [-0.2, 0) is 4.74 Å². The van der Waals surface area contributed by atoms with Crippen LogP contribution in [0.3, 0.4) is 0 Å². The summed E-state index contributed by atoms with van der Waals surface area (Å²) in [6.07, 6.45) is 3.80. The molecule has 3 heteroatoms. The molecule has 2 aliphatic rings. The summed E-state index contributed by atoms with van der Waals surface area (Å²) in [6, 6.07) is 1.38. The quantitative estimate of drug-likeness (QED) is 0.772. The maximum Gasteiger partial charge on any atom is 0.0469 e. The molecule has 1 N–H and O–H groups in total. The molecule has 2 fully saturated rings. The molecule has 2 rings (SSSR count). The molecule has 0 aliphatic carbocycles. The molecule has 2 heterocycles. The maximum absolute atomic E-state index is 5.43. The van der Waals surface area contributed by atoms with Crippen LogP contribution in [-0.4, -0.2) is 49.8 Å². The Balaban J connectivity index is 1.84. The molecule has 0 radical (unpaired) electrons. The summed E-state index contributed by atoms with van der Waals surface area (Å²) in [6.45, 7) is 10.3. The molecule has 94 valence electrons. The molecule has 0 aromatic rings. The van der Waals surface area contributed by atoms with E-state index in [2.05, 4.69) is 24.1 Å². The van der Waals surface area contributed by atoms with E-state index < -0.39 is 0 Å². The minimum absolute atomic E-state index is 0.643. The van der Waals surface area contributed by atoms with Gasteiger partial charge in [0.1, 0.15) is 0 Å². The largest absolute Gasteiger partial charge is 0.381 e. The second-order valence-electron chi connectivity index (χ2n) is 5.50. The van der Waals surface area contributed by atoms with Crippen LogP contribution in [0.4, 0.5) is 0 Å². The van der Waals surface area contributed by atoms with Gasteiger partial charge in [0.25, 0.3) is 0 Å². The van der Waals surface area contributed by atoms with Gasteiger partial charge >= 0.3 is 0 Å². The van der Waals surface area contributed by atoms with Gasteiger partial charge in [-0.3, -0.25) is 4.90 Å². The highest BCUT2D eigenvalue weighted by atomic mass is 16.5. The third-order valence-electron chi connectivity index (χ3n) is 4.02. The molecule has 0 bridgehead atoms. The Morgan fingerprint density at radius 3 is 2.69 bits per heavy atom. The van der Waals surface area contributed by atoms with E-state index in [0.717, 1.165) is 25.2 Å². The minimum atomic E-state index is 0.643. The Labute approximate surface area is 99.5 Å². The summed E-state index contributed by atoms with van der Waals surface area (Å²) < 4.78 is 5.43. The highest BCUT2D eigenvalue weighted by Gasteiger charge is 2.24. The van der Waals surface area contributed by atoms with Crippen molar-refractivity contribution in [1.29, 1.82) is 0 Å². The number of nitrogens with zero attached hydrogens (tertiary/aromatic N) is 1. The number of hydrogen-bond acceptors (Lipinski definition) is 3. The van der Waals surface area contributed by atoms with E-state index >= 15 is 0 Å². The average molecular weight is 226 g/mol. The van der Waals surface area contributed by atoms with E-state index in [9.17, 15) is 0 Å². The van der Waals surface area contributed by atoms with Crippen LogP contribution in [0.25, 0.3) is 0 Å². The van der Waals surface area contributed by atoms with Crippen LogP contribution in [0.15, 0.2) is 0 Å². The Morgan fingerprint density at radius 2 is 1.94 bits per heavy atom. The summed E-state index contributed by atoms with van der Waals surface area (Å²) in [5.41, 5.74) is 0. The zero-order valence-electron chi connectivity index (χ0n) is 10.7. The first-order chi connectivity index (χ1) is 7.75. The zero-order chi connectivity index (χ0) is 11.4. The molecule has 0 saturated carbocycles. The second-order valence-corrected chi connectivity index (χ2v) is 5.50. The van der Waals surface area contributed by atoms with Crippen LogP contribution in [0, 0.1) is 5.92 Å². The van der Waals surface area contributed by atoms with Crippen molar-refractivity contribution in [3.05, 3.63) is 0 Å². The van der Waals surface area contributed by atoms with E-state index in [4.69, 9.17) is 4.74 Å². The molecule has 16 heavy (non-hydrogen) atoms. The van der Waals surface area contributed by atoms with Crippen molar-refractivity contribution in [3.63, 3.8) is 0 Å². The van der Waals surface area contributed by atoms with Gasteiger partial charge in [-0.1, -0.05) is 0 Å². The highest BCUT2D eigenvalue weighted by Crippen LogP contribution is 2.19. The fourth-order valence-corrected chi connectivity index (χ4v) is 2.83. The summed E-state index contributed by atoms with van der Waals surface area (Å²) in [5.74, 6) is 0.862. The van der Waals surface area contributed by atoms with Crippen LogP contribution in [0.2, 0.25) is 0 Å². The normalized spacial score (nSPS) is 34.9. The standard InChI is InChI=1S/C13H26N2O/c1-11-9-15(12(2)3-6-14-11)10-13-4-7-16-8-5-13/h11-14H,3-10H2,1-2H3. The summed E-state index contributed by atoms with van der Waals surface area (Å²) in [4.78, 5) is 2.68. The maximum atomic E-state index is 5.43. The van der Waals surface area contributed by atoms with E-state index in [-0.39, 0.29) is 0 Å². The molecule has 0 aromatic heterocycles. The van der Waals surface area contributed by atoms with Crippen molar-refractivity contribution in [1.82, 2.24) is 10.2 Å². The molecule has 0 aromatic carbocycles. The average Bonchev–Trinajstić information content (AvgIpc) is 2.43. The lowest BCUT2D eigenvalue weighted by Gasteiger charge is -2.33. The summed E-state index contributed by atoms with van der Waals surface area (Å²) in [5, 5.41) is 3.58. The van der Waals surface area contributed by atoms with Crippen molar-refractivity contribution in [2.45, 2.75) is 45.2 Å². The molecule has 3 nitrogen and oxygen atoms in total. The van der Waals surface area contributed by atoms with Gasteiger partial charge in [-0.2, -0.15) is 0 Å². The van der Waals surface area contributed by atoms with Crippen LogP contribution >= 0.6 is 0 Å². The molecule has 2 atom stereocenters. The van der Waals surface area contributed by atoms with Gasteiger partial charge in [-0.05, 0) is 45.6 Å². The van der Waals surface area contributed by atoms with Crippen molar-refractivity contribution >= 4 is 0 Å². The van der Waals surface area contributed by atoms with E-state index in [0.29, 0.717) is 6.04 Å². The minimum Gasteiger partial charge on any atom is -0.381 e. The first kappa shape index (κ1) is 12.3. The Bertz CT molecular complexity index is 204. The first-order valence-corrected chi connectivity index (χ1v) is 6.81. The van der Waals surface area contributed by atoms with Gasteiger partial charge in [-0.15, -0.1) is 0 Å². The molecule has 2 unspecified atom stereocenters. The predicted molar refractivity (Wildman–Crippen MR) is 66.7 cm³/mol. The van der Waals surface area contributed by atoms with Gasteiger partial charge < -0.3 is 10.1 Å². The van der Waals surface area contributed by atoms with Crippen molar-refractivity contribution in [2.24, 2.45) is 5.92 Å². The number of ether oxygens (including phenoxy) is 1. The summed E-state index contributed by atoms with van der Waals surface area (Å²) >= 11 is 0. The fourth-order valence-electron chi connectivity index (χ4n) is 2.83. The molecule has 0 spiro atoms. The predicted octanol–water partition coefficient (Wildman–Crippen LogP) is 1.49. The van der Waals surface area contributed by atoms with E-state index in [1.165, 1.54) is 38.9 Å². The van der Waals surface area contributed by atoms with Crippen molar-refractivity contribution in [2.75, 3.05) is 32.8 Å². The van der Waals surface area contributed by atoms with E-state index in [1.807, 2.05) is 0 Å². The van der Waals surface area contributed by atoms with Crippen LogP contribution in [0.5, 0.6) is 0 Å². The third kappa shape index (κ3) is 3.44. The lowest BCUT2D eigenvalue weighted by atomic mass is 9.98. The highest BCUT2D eigenvalue weighted by molar-refractivity contribution is 4.80.